The van der Waals surface area contributed by atoms with Crippen molar-refractivity contribution in [2.45, 2.75) is 12.5 Å². The molecule has 1 aromatic carbocycles. The largest absolute Gasteiger partial charge is 0.372 e. The predicted octanol–water partition coefficient (Wildman–Crippen LogP) is 1.43. The first-order valence-electron chi connectivity index (χ1n) is 6.76. The fourth-order valence-electron chi connectivity index (χ4n) is 1.95. The number of aromatic nitrogens is 1. The van der Waals surface area contributed by atoms with Gasteiger partial charge in [-0.3, -0.25) is 14.9 Å². The summed E-state index contributed by atoms with van der Waals surface area (Å²) in [4.78, 5) is 23.5. The Hall–Kier alpha value is -2.74. The minimum absolute atomic E-state index is 0.0878. The van der Waals surface area contributed by atoms with Gasteiger partial charge in [-0.15, -0.1) is 0 Å². The molecule has 0 fully saturated rings. The van der Waals surface area contributed by atoms with Crippen LogP contribution in [-0.2, 0) is 19.9 Å². The lowest BCUT2D eigenvalue weighted by atomic mass is 9.95. The fourth-order valence-corrected chi connectivity index (χ4v) is 1.95. The van der Waals surface area contributed by atoms with Gasteiger partial charge in [-0.25, -0.2) is 4.39 Å². The molecule has 0 aliphatic rings. The van der Waals surface area contributed by atoms with E-state index in [1.54, 1.807) is 25.1 Å². The van der Waals surface area contributed by atoms with Crippen molar-refractivity contribution in [2.24, 2.45) is 0 Å². The maximum absolute atomic E-state index is 13.9. The van der Waals surface area contributed by atoms with E-state index in [9.17, 15) is 14.0 Å². The molecule has 2 amide bonds. The molecule has 122 valence electrons. The van der Waals surface area contributed by atoms with Crippen molar-refractivity contribution in [3.8, 4) is 0 Å². The number of hydrogen-bond acceptors (Lipinski definition) is 5. The second-order valence-corrected chi connectivity index (χ2v) is 4.94. The third kappa shape index (κ3) is 3.92. The van der Waals surface area contributed by atoms with Crippen molar-refractivity contribution in [1.29, 1.82) is 0 Å². The summed E-state index contributed by atoms with van der Waals surface area (Å²) in [5, 5.41) is 8.13. The van der Waals surface area contributed by atoms with Crippen LogP contribution in [-0.4, -0.2) is 30.6 Å². The lowest BCUT2D eigenvalue weighted by molar-refractivity contribution is -0.137. The standard InChI is InChI=1S/C15H16FN3O4/c1-15(22-2,10-5-3-4-6-11(10)16)9-17-13(20)14(21)18-12-7-8-23-19-12/h3-8H,9H2,1-2H3,(H,17,20)(H,18,19,21)/t15-/m0/s1. The van der Waals surface area contributed by atoms with Crippen LogP contribution in [0.25, 0.3) is 0 Å². The highest BCUT2D eigenvalue weighted by atomic mass is 19.1. The minimum atomic E-state index is -1.12. The van der Waals surface area contributed by atoms with Crippen molar-refractivity contribution < 1.29 is 23.2 Å². The molecule has 1 aromatic heterocycles. The first-order valence-corrected chi connectivity index (χ1v) is 6.76. The van der Waals surface area contributed by atoms with E-state index in [2.05, 4.69) is 20.3 Å². The number of halogens is 1. The molecule has 0 aliphatic carbocycles. The van der Waals surface area contributed by atoms with E-state index >= 15 is 0 Å². The normalized spacial score (nSPS) is 13.2. The van der Waals surface area contributed by atoms with Crippen molar-refractivity contribution in [3.05, 3.63) is 48.0 Å². The van der Waals surface area contributed by atoms with Crippen LogP contribution in [0, 0.1) is 5.82 Å². The molecule has 0 saturated heterocycles. The van der Waals surface area contributed by atoms with E-state index in [1.165, 1.54) is 25.5 Å². The SMILES string of the molecule is CO[C@@](C)(CNC(=O)C(=O)Nc1ccon1)c1ccccc1F. The second kappa shape index (κ2) is 7.01. The molecule has 2 N–H and O–H groups in total. The number of methoxy groups -OCH3 is 1. The van der Waals surface area contributed by atoms with Gasteiger partial charge in [0.2, 0.25) is 0 Å². The molecule has 2 rings (SSSR count). The number of carbonyl (C=O) groups is 2. The van der Waals surface area contributed by atoms with Crippen molar-refractivity contribution >= 4 is 17.6 Å². The smallest absolute Gasteiger partial charge is 0.314 e. The van der Waals surface area contributed by atoms with Crippen LogP contribution in [0.1, 0.15) is 12.5 Å². The summed E-state index contributed by atoms with van der Waals surface area (Å²) in [6.07, 6.45) is 1.26. The summed E-state index contributed by atoms with van der Waals surface area (Å²) >= 11 is 0. The van der Waals surface area contributed by atoms with Gasteiger partial charge in [-0.2, -0.15) is 0 Å². The molecule has 0 bridgehead atoms. The molecule has 7 nitrogen and oxygen atoms in total. The zero-order valence-corrected chi connectivity index (χ0v) is 12.6. The van der Waals surface area contributed by atoms with Crippen molar-refractivity contribution in [2.75, 3.05) is 19.0 Å². The summed E-state index contributed by atoms with van der Waals surface area (Å²) in [7, 11) is 1.40. The monoisotopic (exact) mass is 321 g/mol. The first-order chi connectivity index (χ1) is 11.0. The van der Waals surface area contributed by atoms with E-state index in [0.717, 1.165) is 0 Å². The third-order valence-electron chi connectivity index (χ3n) is 3.37. The Morgan fingerprint density at radius 2 is 2.04 bits per heavy atom. The molecular weight excluding hydrogens is 305 g/mol. The van der Waals surface area contributed by atoms with Crippen LogP contribution < -0.4 is 10.6 Å². The van der Waals surface area contributed by atoms with Crippen LogP contribution in [0.2, 0.25) is 0 Å². The number of hydrogen-bond donors (Lipinski definition) is 2. The van der Waals surface area contributed by atoms with Gasteiger partial charge in [0.25, 0.3) is 0 Å². The summed E-state index contributed by atoms with van der Waals surface area (Å²) in [5.41, 5.74) is -0.838. The highest BCUT2D eigenvalue weighted by Crippen LogP contribution is 2.26. The van der Waals surface area contributed by atoms with Gasteiger partial charge < -0.3 is 14.6 Å². The van der Waals surface area contributed by atoms with Gasteiger partial charge in [-0.05, 0) is 13.0 Å². The quantitative estimate of drug-likeness (QED) is 0.813. The Kier molecular flexibility index (Phi) is 5.07. The Morgan fingerprint density at radius 1 is 1.30 bits per heavy atom. The van der Waals surface area contributed by atoms with Gasteiger partial charge in [0.15, 0.2) is 5.82 Å². The highest BCUT2D eigenvalue weighted by molar-refractivity contribution is 6.39. The minimum Gasteiger partial charge on any atom is -0.372 e. The molecule has 0 aliphatic heterocycles. The Labute approximate surface area is 131 Å². The molecular formula is C15H16FN3O4. The maximum Gasteiger partial charge on any atom is 0.314 e. The molecule has 0 saturated carbocycles. The van der Waals surface area contributed by atoms with E-state index in [0.29, 0.717) is 0 Å². The summed E-state index contributed by atoms with van der Waals surface area (Å²) in [6.45, 7) is 1.52. The van der Waals surface area contributed by atoms with Gasteiger partial charge in [0.1, 0.15) is 17.7 Å². The molecule has 1 atom stereocenters. The molecule has 0 spiro atoms. The van der Waals surface area contributed by atoms with Crippen molar-refractivity contribution in [3.63, 3.8) is 0 Å². The Morgan fingerprint density at radius 3 is 2.65 bits per heavy atom. The third-order valence-corrected chi connectivity index (χ3v) is 3.37. The summed E-state index contributed by atoms with van der Waals surface area (Å²) in [6, 6.07) is 7.46. The molecule has 0 radical (unpaired) electrons. The average molecular weight is 321 g/mol. The first kappa shape index (κ1) is 16.6. The number of carbonyl (C=O) groups excluding carboxylic acids is 2. The average Bonchev–Trinajstić information content (AvgIpc) is 3.05. The zero-order valence-electron chi connectivity index (χ0n) is 12.6. The number of amides is 2. The molecule has 2 aromatic rings. The van der Waals surface area contributed by atoms with Gasteiger partial charge in [0.05, 0.1) is 6.54 Å². The lowest BCUT2D eigenvalue weighted by Crippen LogP contribution is -2.44. The van der Waals surface area contributed by atoms with Gasteiger partial charge in [-0.1, -0.05) is 23.4 Å². The lowest BCUT2D eigenvalue weighted by Gasteiger charge is -2.29. The van der Waals surface area contributed by atoms with Crippen LogP contribution in [0.4, 0.5) is 10.2 Å². The van der Waals surface area contributed by atoms with E-state index in [1.807, 2.05) is 0 Å². The number of ether oxygens (including phenoxy) is 1. The number of anilines is 1. The zero-order chi connectivity index (χ0) is 16.9. The number of nitrogens with zero attached hydrogens (tertiary/aromatic N) is 1. The van der Waals surface area contributed by atoms with E-state index in [-0.39, 0.29) is 17.9 Å². The molecule has 8 heteroatoms. The fraction of sp³-hybridized carbons (Fsp3) is 0.267. The summed E-state index contributed by atoms with van der Waals surface area (Å²) in [5.74, 6) is -2.15. The van der Waals surface area contributed by atoms with Crippen LogP contribution >= 0.6 is 0 Å². The molecule has 1 heterocycles. The molecule has 0 unspecified atom stereocenters. The topological polar surface area (TPSA) is 93.5 Å². The summed E-state index contributed by atoms with van der Waals surface area (Å²) < 4.78 is 23.8. The number of benzene rings is 1. The van der Waals surface area contributed by atoms with Crippen molar-refractivity contribution in [1.82, 2.24) is 10.5 Å². The number of rotatable bonds is 5. The van der Waals surface area contributed by atoms with Crippen LogP contribution in [0.15, 0.2) is 41.1 Å². The van der Waals surface area contributed by atoms with E-state index < -0.39 is 23.2 Å². The highest BCUT2D eigenvalue weighted by Gasteiger charge is 2.30. The van der Waals surface area contributed by atoms with Gasteiger partial charge >= 0.3 is 11.8 Å². The maximum atomic E-state index is 13.9. The van der Waals surface area contributed by atoms with Gasteiger partial charge in [0, 0.05) is 18.7 Å². The van der Waals surface area contributed by atoms with Crippen LogP contribution in [0.5, 0.6) is 0 Å². The van der Waals surface area contributed by atoms with Crippen LogP contribution in [0.3, 0.4) is 0 Å². The Balaban J connectivity index is 2.01. The molecule has 23 heavy (non-hydrogen) atoms. The second-order valence-electron chi connectivity index (χ2n) is 4.94. The van der Waals surface area contributed by atoms with E-state index in [4.69, 9.17) is 4.74 Å². The Bertz CT molecular complexity index is 690. The predicted molar refractivity (Wildman–Crippen MR) is 78.9 cm³/mol. The number of nitrogens with one attached hydrogen (secondary N) is 2.